The van der Waals surface area contributed by atoms with Crippen LogP contribution in [-0.4, -0.2) is 134 Å². The second-order valence-electron chi connectivity index (χ2n) is 16.3. The first kappa shape index (κ1) is 47.8. The molecule has 0 spiro atoms. The molecule has 61 heavy (non-hydrogen) atoms. The number of likely N-dealkylation sites (tertiary alicyclic amines) is 1. The molecule has 2 aliphatic rings. The molecule has 3 N–H and O–H groups in total. The van der Waals surface area contributed by atoms with Crippen LogP contribution in [0.3, 0.4) is 0 Å². The number of nitrogens with one attached hydrogen (secondary N) is 2. The largest absolute Gasteiger partial charge is 0.480 e. The lowest BCUT2D eigenvalue weighted by Crippen LogP contribution is -2.52. The predicted molar refractivity (Wildman–Crippen MR) is 224 cm³/mol. The Morgan fingerprint density at radius 2 is 1.51 bits per heavy atom. The lowest BCUT2D eigenvalue weighted by atomic mass is 9.98. The molecule has 19 heteroatoms. The average molecular weight is 851 g/mol. The van der Waals surface area contributed by atoms with Crippen molar-refractivity contribution >= 4 is 36.1 Å². The van der Waals surface area contributed by atoms with E-state index < -0.39 is 53.4 Å². The third kappa shape index (κ3) is 14.9. The van der Waals surface area contributed by atoms with E-state index in [9.17, 15) is 29.1 Å². The smallest absolute Gasteiger partial charge is 0.417 e. The van der Waals surface area contributed by atoms with E-state index in [4.69, 9.17) is 29.2 Å². The molecule has 0 aromatic heterocycles. The number of carboxylic acid groups (broad SMARTS) is 1. The molecule has 2 aromatic rings. The number of guanidine groups is 1. The van der Waals surface area contributed by atoms with Crippen LogP contribution in [-0.2, 0) is 33.3 Å². The molecule has 2 aromatic carbocycles. The number of carboxylic acids is 1. The Morgan fingerprint density at radius 1 is 0.885 bits per heavy atom. The van der Waals surface area contributed by atoms with E-state index in [0.717, 1.165) is 27.2 Å². The highest BCUT2D eigenvalue weighted by Crippen LogP contribution is 2.44. The number of hydrogen-bond donors (Lipinski definition) is 3. The summed E-state index contributed by atoms with van der Waals surface area (Å²) in [4.78, 5) is 75.6. The second kappa shape index (κ2) is 22.6. The zero-order valence-corrected chi connectivity index (χ0v) is 35.8. The Morgan fingerprint density at radius 3 is 2.11 bits per heavy atom. The van der Waals surface area contributed by atoms with Crippen LogP contribution in [0.15, 0.2) is 58.6 Å². The van der Waals surface area contributed by atoms with Crippen LogP contribution in [0, 0.1) is 0 Å². The van der Waals surface area contributed by atoms with Crippen LogP contribution in [0.5, 0.6) is 0 Å². The Kier molecular flexibility index (Phi) is 17.7. The third-order valence-electron chi connectivity index (χ3n) is 9.38. The number of aliphatic imine (C=N–C) groups is 1. The Hall–Kier alpha value is -5.91. The van der Waals surface area contributed by atoms with Crippen molar-refractivity contribution in [3.8, 4) is 11.1 Å². The number of rotatable bonds is 18. The molecule has 0 radical (unpaired) electrons. The van der Waals surface area contributed by atoms with Crippen molar-refractivity contribution in [2.45, 2.75) is 96.4 Å². The van der Waals surface area contributed by atoms with Crippen LogP contribution in [0.4, 0.5) is 14.4 Å². The fourth-order valence-electron chi connectivity index (χ4n) is 6.82. The van der Waals surface area contributed by atoms with Crippen molar-refractivity contribution in [1.82, 2.24) is 20.4 Å². The lowest BCUT2D eigenvalue weighted by molar-refractivity contribution is -0.149. The first-order valence-corrected chi connectivity index (χ1v) is 20.3. The van der Waals surface area contributed by atoms with Crippen molar-refractivity contribution in [3.05, 3.63) is 70.1 Å². The molecule has 4 rings (SSSR count). The number of ether oxygens (including phenoxy) is 5. The maximum absolute atomic E-state index is 14.0. The van der Waals surface area contributed by atoms with Crippen LogP contribution in [0.1, 0.15) is 84.3 Å². The lowest BCUT2D eigenvalue weighted by Gasteiger charge is -2.29. The predicted octanol–water partition coefficient (Wildman–Crippen LogP) is 6.21. The van der Waals surface area contributed by atoms with Crippen LogP contribution in [0.25, 0.3) is 21.6 Å². The molecular formula is C42H58N8O11. The Labute approximate surface area is 355 Å². The standard InChI is InChI=1S/C42H58N8O11/c1-41(2,3)60-39(55)47-37(50(40(56)61-42(4,5)6)22-24-58-26-25-57-23-20-45-48-43)44-19-11-17-33(35(51)49-21-12-18-34(49)36(52)53)46-38(54)59-27-32-30-15-9-7-13-28(30)29-14-8-10-16-31(29)32/h7-10,13-16,32-34H,11-12,17-27H2,1-6H3,(H,46,54)(H,52,53)(H,44,47,55)/t33-,34-/m0/s1. The van der Waals surface area contributed by atoms with Gasteiger partial charge < -0.3 is 39.0 Å². The van der Waals surface area contributed by atoms with Gasteiger partial charge in [-0.15, -0.1) is 0 Å². The maximum Gasteiger partial charge on any atom is 0.417 e. The van der Waals surface area contributed by atoms with E-state index in [-0.39, 0.29) is 90.4 Å². The summed E-state index contributed by atoms with van der Waals surface area (Å²) in [6.07, 6.45) is -1.68. The third-order valence-corrected chi connectivity index (χ3v) is 9.38. The number of nitrogens with zero attached hydrogens (tertiary/aromatic N) is 6. The summed E-state index contributed by atoms with van der Waals surface area (Å²) < 4.78 is 27.8. The van der Waals surface area contributed by atoms with Gasteiger partial charge in [0.1, 0.15) is 29.9 Å². The van der Waals surface area contributed by atoms with Crippen LogP contribution >= 0.6 is 0 Å². The summed E-state index contributed by atoms with van der Waals surface area (Å²) in [7, 11) is 0. The first-order chi connectivity index (χ1) is 29.0. The van der Waals surface area contributed by atoms with Crippen molar-refractivity contribution in [2.75, 3.05) is 59.2 Å². The van der Waals surface area contributed by atoms with Crippen LogP contribution < -0.4 is 10.6 Å². The summed E-state index contributed by atoms with van der Waals surface area (Å²) in [6, 6.07) is 13.5. The summed E-state index contributed by atoms with van der Waals surface area (Å²) in [6.45, 7) is 10.8. The highest BCUT2D eigenvalue weighted by molar-refractivity contribution is 6.01. The van der Waals surface area contributed by atoms with E-state index in [2.05, 4.69) is 25.7 Å². The molecule has 0 bridgehead atoms. The molecule has 1 heterocycles. The number of benzene rings is 2. The molecule has 1 aliphatic carbocycles. The monoisotopic (exact) mass is 850 g/mol. The number of carbonyl (C=O) groups excluding carboxylic acids is 4. The zero-order chi connectivity index (χ0) is 44.6. The fourth-order valence-corrected chi connectivity index (χ4v) is 6.82. The van der Waals surface area contributed by atoms with Crippen molar-refractivity contribution in [1.29, 1.82) is 0 Å². The van der Waals surface area contributed by atoms with Gasteiger partial charge in [-0.1, -0.05) is 53.6 Å². The quantitative estimate of drug-likeness (QED) is 0.0290. The average Bonchev–Trinajstić information content (AvgIpc) is 3.81. The number of aliphatic carboxylic acids is 1. The van der Waals surface area contributed by atoms with Crippen molar-refractivity contribution < 1.29 is 52.8 Å². The minimum atomic E-state index is -1.18. The molecule has 332 valence electrons. The minimum absolute atomic E-state index is 0.000875. The van der Waals surface area contributed by atoms with Gasteiger partial charge >= 0.3 is 24.2 Å². The fraction of sp³-hybridized carbons (Fsp3) is 0.571. The van der Waals surface area contributed by atoms with E-state index in [1.54, 1.807) is 41.5 Å². The number of carbonyl (C=O) groups is 5. The van der Waals surface area contributed by atoms with E-state index >= 15 is 0 Å². The normalized spacial score (nSPS) is 15.5. The SMILES string of the molecule is CC(C)(C)OC(=O)NC(=NCCC[C@H](NC(=O)OCC1c2ccccc2-c2ccccc21)C(=O)N1CCC[C@H]1C(=O)O)N(CCOCCOCCN=[N+]=[N-])C(=O)OC(C)(C)C. The van der Waals surface area contributed by atoms with E-state index in [0.29, 0.717) is 6.42 Å². The number of fused-ring (bicyclic) bond motifs is 3. The van der Waals surface area contributed by atoms with Gasteiger partial charge in [-0.2, -0.15) is 0 Å². The molecule has 2 atom stereocenters. The van der Waals surface area contributed by atoms with Gasteiger partial charge in [-0.25, -0.2) is 24.1 Å². The van der Waals surface area contributed by atoms with E-state index in [1.165, 1.54) is 4.90 Å². The topological polar surface area (TPSA) is 243 Å². The van der Waals surface area contributed by atoms with Crippen molar-refractivity contribution in [2.24, 2.45) is 10.1 Å². The first-order valence-electron chi connectivity index (χ1n) is 20.3. The van der Waals surface area contributed by atoms with Crippen LogP contribution in [0.2, 0.25) is 0 Å². The molecular weight excluding hydrogens is 793 g/mol. The van der Waals surface area contributed by atoms with Gasteiger partial charge in [0.25, 0.3) is 0 Å². The molecule has 19 nitrogen and oxygen atoms in total. The second-order valence-corrected chi connectivity index (χ2v) is 16.3. The van der Waals surface area contributed by atoms with Gasteiger partial charge in [-0.3, -0.25) is 15.1 Å². The van der Waals surface area contributed by atoms with Crippen molar-refractivity contribution in [3.63, 3.8) is 0 Å². The Balaban J connectivity index is 1.51. The molecule has 4 amide bonds. The zero-order valence-electron chi connectivity index (χ0n) is 35.8. The molecule has 1 aliphatic heterocycles. The number of amides is 4. The van der Waals surface area contributed by atoms with Gasteiger partial charge in [0.2, 0.25) is 11.9 Å². The van der Waals surface area contributed by atoms with Gasteiger partial charge in [0.15, 0.2) is 0 Å². The minimum Gasteiger partial charge on any atom is -0.480 e. The Bertz CT molecular complexity index is 1880. The molecule has 0 unspecified atom stereocenters. The summed E-state index contributed by atoms with van der Waals surface area (Å²) in [5.74, 6) is -2.16. The molecule has 1 saturated heterocycles. The van der Waals surface area contributed by atoms with Gasteiger partial charge in [-0.05, 0) is 95.0 Å². The molecule has 0 saturated carbocycles. The molecule has 1 fully saturated rings. The summed E-state index contributed by atoms with van der Waals surface area (Å²) in [5, 5.41) is 18.5. The summed E-state index contributed by atoms with van der Waals surface area (Å²) >= 11 is 0. The van der Waals surface area contributed by atoms with Gasteiger partial charge in [0, 0.05) is 30.5 Å². The maximum atomic E-state index is 14.0. The highest BCUT2D eigenvalue weighted by Gasteiger charge is 2.38. The highest BCUT2D eigenvalue weighted by atomic mass is 16.6. The van der Waals surface area contributed by atoms with Gasteiger partial charge in [0.05, 0.1) is 33.0 Å². The van der Waals surface area contributed by atoms with E-state index in [1.807, 2.05) is 48.5 Å². The number of azide groups is 1. The summed E-state index contributed by atoms with van der Waals surface area (Å²) in [5.41, 5.74) is 10.7. The number of hydrogen-bond acceptors (Lipinski definition) is 12. The number of alkyl carbamates (subject to hydrolysis) is 2.